The summed E-state index contributed by atoms with van der Waals surface area (Å²) < 4.78 is 28.2. The zero-order valence-corrected chi connectivity index (χ0v) is 19.0. The summed E-state index contributed by atoms with van der Waals surface area (Å²) in [6, 6.07) is 4.02. The van der Waals surface area contributed by atoms with Crippen molar-refractivity contribution in [2.24, 2.45) is 5.16 Å². The van der Waals surface area contributed by atoms with Crippen LogP contribution in [0.25, 0.3) is 0 Å². The van der Waals surface area contributed by atoms with E-state index in [2.05, 4.69) is 15.2 Å². The normalized spacial score (nSPS) is 26.3. The maximum Gasteiger partial charge on any atom is 0.239 e. The molecule has 2 aliphatic heterocycles. The first-order valence-corrected chi connectivity index (χ1v) is 12.1. The van der Waals surface area contributed by atoms with Crippen LogP contribution in [-0.2, 0) is 26.1 Å². The number of nitrogens with one attached hydrogen (secondary N) is 2. The molecule has 2 N–H and O–H groups in total. The molecule has 0 aromatic heterocycles. The topological polar surface area (TPSA) is 96.9 Å². The fraction of sp³-hybridized carbons (Fsp3) is 0.474. The number of thioether (sulfide) groups is 1. The first kappa shape index (κ1) is 22.1. The number of amides is 1. The SMILES string of the molecule is CCc1cc(C)cc(C)c1NC(=O)C1SC=CC1S(=O)(=O)NC1ON=C(C)C1Cl. The Morgan fingerprint density at radius 2 is 2.03 bits per heavy atom. The molecule has 1 aromatic carbocycles. The fourth-order valence-corrected chi connectivity index (χ4v) is 6.56. The standard InChI is InChI=1S/C19H24ClN3O4S2/c1-5-13-9-10(2)8-11(3)16(13)21-18(24)17-14(6-7-28-17)29(25,26)23-19-15(20)12(4)22-27-19/h6-9,14-15,17,19,23H,5H2,1-4H3,(H,21,24). The highest BCUT2D eigenvalue weighted by Gasteiger charge is 2.43. The van der Waals surface area contributed by atoms with E-state index in [0.29, 0.717) is 5.71 Å². The number of alkyl halides is 1. The molecule has 1 amide bonds. The number of carbonyl (C=O) groups is 1. The lowest BCUT2D eigenvalue weighted by Gasteiger charge is -2.22. The highest BCUT2D eigenvalue weighted by Crippen LogP contribution is 2.32. The average Bonchev–Trinajstić information content (AvgIpc) is 3.27. The number of rotatable bonds is 6. The third kappa shape index (κ3) is 4.63. The fourth-order valence-electron chi connectivity index (χ4n) is 3.36. The molecule has 0 aliphatic carbocycles. The number of anilines is 1. The average molecular weight is 458 g/mol. The molecule has 2 heterocycles. The second-order valence-corrected chi connectivity index (χ2v) is 10.5. The van der Waals surface area contributed by atoms with E-state index < -0.39 is 32.1 Å². The van der Waals surface area contributed by atoms with Crippen LogP contribution in [0.2, 0.25) is 0 Å². The Morgan fingerprint density at radius 1 is 1.31 bits per heavy atom. The number of oxime groups is 1. The van der Waals surface area contributed by atoms with Crippen molar-refractivity contribution in [3.8, 4) is 0 Å². The van der Waals surface area contributed by atoms with Gasteiger partial charge in [-0.2, -0.15) is 4.72 Å². The van der Waals surface area contributed by atoms with Gasteiger partial charge in [0.05, 0.1) is 5.71 Å². The van der Waals surface area contributed by atoms with Crippen molar-refractivity contribution < 1.29 is 18.0 Å². The molecule has 4 atom stereocenters. The molecule has 0 fully saturated rings. The maximum absolute atomic E-state index is 13.0. The number of benzene rings is 1. The monoisotopic (exact) mass is 457 g/mol. The molecule has 0 saturated carbocycles. The highest BCUT2D eigenvalue weighted by atomic mass is 35.5. The second kappa shape index (κ2) is 8.67. The van der Waals surface area contributed by atoms with E-state index in [1.807, 2.05) is 32.9 Å². The van der Waals surface area contributed by atoms with Gasteiger partial charge in [0.1, 0.15) is 15.9 Å². The van der Waals surface area contributed by atoms with Crippen molar-refractivity contribution >= 4 is 50.7 Å². The Labute approximate surface area is 180 Å². The van der Waals surface area contributed by atoms with Crippen molar-refractivity contribution in [1.29, 1.82) is 0 Å². The van der Waals surface area contributed by atoms with Crippen molar-refractivity contribution in [1.82, 2.24) is 4.72 Å². The summed E-state index contributed by atoms with van der Waals surface area (Å²) in [7, 11) is -3.92. The molecule has 2 aliphatic rings. The lowest BCUT2D eigenvalue weighted by molar-refractivity contribution is -0.115. The largest absolute Gasteiger partial charge is 0.374 e. The van der Waals surface area contributed by atoms with Crippen LogP contribution in [0.5, 0.6) is 0 Å². The third-order valence-corrected chi connectivity index (χ3v) is 8.39. The lowest BCUT2D eigenvalue weighted by Crippen LogP contribution is -2.49. The van der Waals surface area contributed by atoms with Crippen molar-refractivity contribution in [3.05, 3.63) is 40.3 Å². The van der Waals surface area contributed by atoms with Crippen LogP contribution in [0.1, 0.15) is 30.5 Å². The third-order valence-electron chi connectivity index (χ3n) is 4.85. The molecular formula is C19H24ClN3O4S2. The molecule has 1 aromatic rings. The molecule has 0 spiro atoms. The van der Waals surface area contributed by atoms with E-state index in [4.69, 9.17) is 16.4 Å². The van der Waals surface area contributed by atoms with Gasteiger partial charge in [-0.05, 0) is 43.7 Å². The predicted molar refractivity (Wildman–Crippen MR) is 118 cm³/mol. The molecule has 29 heavy (non-hydrogen) atoms. The second-order valence-electron chi connectivity index (χ2n) is 7.13. The molecule has 7 nitrogen and oxygen atoms in total. The Kier molecular flexibility index (Phi) is 6.62. The molecular weight excluding hydrogens is 434 g/mol. The first-order chi connectivity index (χ1) is 13.6. The minimum atomic E-state index is -3.92. The number of sulfonamides is 1. The van der Waals surface area contributed by atoms with Gasteiger partial charge < -0.3 is 10.2 Å². The molecule has 10 heteroatoms. The van der Waals surface area contributed by atoms with E-state index in [1.54, 1.807) is 12.3 Å². The van der Waals surface area contributed by atoms with Crippen molar-refractivity contribution in [2.75, 3.05) is 5.32 Å². The summed E-state index contributed by atoms with van der Waals surface area (Å²) in [5, 5.41) is 5.71. The van der Waals surface area contributed by atoms with Gasteiger partial charge in [-0.25, -0.2) is 8.42 Å². The molecule has 4 unspecified atom stereocenters. The van der Waals surface area contributed by atoms with Gasteiger partial charge >= 0.3 is 0 Å². The smallest absolute Gasteiger partial charge is 0.239 e. The number of aryl methyl sites for hydroxylation is 3. The zero-order valence-electron chi connectivity index (χ0n) is 16.6. The van der Waals surface area contributed by atoms with Gasteiger partial charge in [0.2, 0.25) is 22.2 Å². The summed E-state index contributed by atoms with van der Waals surface area (Å²) in [6.07, 6.45) is 1.27. The predicted octanol–water partition coefficient (Wildman–Crippen LogP) is 3.06. The number of halogens is 1. The number of hydrogen-bond donors (Lipinski definition) is 2. The van der Waals surface area contributed by atoms with Crippen LogP contribution in [0, 0.1) is 13.8 Å². The molecule has 158 valence electrons. The van der Waals surface area contributed by atoms with Crippen LogP contribution < -0.4 is 10.0 Å². The Bertz CT molecular complexity index is 978. The van der Waals surface area contributed by atoms with Gasteiger partial charge in [0.15, 0.2) is 0 Å². The summed E-state index contributed by atoms with van der Waals surface area (Å²) in [5.74, 6) is -0.362. The summed E-state index contributed by atoms with van der Waals surface area (Å²) in [5.41, 5.74) is 4.31. The van der Waals surface area contributed by atoms with Crippen LogP contribution in [0.3, 0.4) is 0 Å². The summed E-state index contributed by atoms with van der Waals surface area (Å²) >= 11 is 7.30. The van der Waals surface area contributed by atoms with E-state index in [1.165, 1.54) is 17.8 Å². The summed E-state index contributed by atoms with van der Waals surface area (Å²) in [4.78, 5) is 18.0. The minimum absolute atomic E-state index is 0.362. The Morgan fingerprint density at radius 3 is 2.66 bits per heavy atom. The van der Waals surface area contributed by atoms with Gasteiger partial charge in [-0.15, -0.1) is 23.4 Å². The van der Waals surface area contributed by atoms with E-state index in [9.17, 15) is 13.2 Å². The Balaban J connectivity index is 1.77. The van der Waals surface area contributed by atoms with Gasteiger partial charge in [-0.3, -0.25) is 4.79 Å². The van der Waals surface area contributed by atoms with Crippen LogP contribution in [-0.4, -0.2) is 42.1 Å². The quantitative estimate of drug-likeness (QED) is 0.640. The van der Waals surface area contributed by atoms with E-state index in [0.717, 1.165) is 28.8 Å². The minimum Gasteiger partial charge on any atom is -0.374 e. The first-order valence-electron chi connectivity index (χ1n) is 9.22. The lowest BCUT2D eigenvalue weighted by atomic mass is 10.0. The van der Waals surface area contributed by atoms with Gasteiger partial charge in [0.25, 0.3) is 0 Å². The molecule has 0 saturated heterocycles. The molecule has 0 bridgehead atoms. The van der Waals surface area contributed by atoms with Crippen LogP contribution in [0.15, 0.2) is 28.8 Å². The van der Waals surface area contributed by atoms with Crippen LogP contribution >= 0.6 is 23.4 Å². The van der Waals surface area contributed by atoms with E-state index >= 15 is 0 Å². The van der Waals surface area contributed by atoms with Crippen molar-refractivity contribution in [2.45, 2.75) is 56.2 Å². The number of hydrogen-bond acceptors (Lipinski definition) is 6. The van der Waals surface area contributed by atoms with Crippen molar-refractivity contribution in [3.63, 3.8) is 0 Å². The zero-order chi connectivity index (χ0) is 21.3. The molecule has 3 rings (SSSR count). The van der Waals surface area contributed by atoms with Gasteiger partial charge in [-0.1, -0.05) is 35.9 Å². The maximum atomic E-state index is 13.0. The highest BCUT2D eigenvalue weighted by molar-refractivity contribution is 8.05. The number of carbonyl (C=O) groups excluding carboxylic acids is 1. The van der Waals surface area contributed by atoms with Crippen LogP contribution in [0.4, 0.5) is 5.69 Å². The summed E-state index contributed by atoms with van der Waals surface area (Å²) in [6.45, 7) is 7.60. The number of nitrogens with zero attached hydrogens (tertiary/aromatic N) is 1. The van der Waals surface area contributed by atoms with E-state index in [-0.39, 0.29) is 5.91 Å². The molecule has 0 radical (unpaired) electrons. The van der Waals surface area contributed by atoms with Gasteiger partial charge in [0, 0.05) is 5.69 Å². The Hall–Kier alpha value is -1.55.